The van der Waals surface area contributed by atoms with Crippen LogP contribution in [-0.4, -0.2) is 34.8 Å². The Morgan fingerprint density at radius 3 is 2.46 bits per heavy atom. The zero-order chi connectivity index (χ0) is 10.3. The molecule has 0 saturated carbocycles. The maximum absolute atomic E-state index is 10.4. The van der Waals surface area contributed by atoms with Gasteiger partial charge in [-0.25, -0.2) is 0 Å². The highest BCUT2D eigenvalue weighted by Crippen LogP contribution is 1.92. The van der Waals surface area contributed by atoms with Crippen molar-refractivity contribution in [3.05, 3.63) is 0 Å². The van der Waals surface area contributed by atoms with Gasteiger partial charge >= 0.3 is 11.9 Å². The molecule has 0 rings (SSSR count). The molecule has 0 fully saturated rings. The summed E-state index contributed by atoms with van der Waals surface area (Å²) in [7, 11) is 0. The third kappa shape index (κ3) is 6.06. The van der Waals surface area contributed by atoms with Gasteiger partial charge in [0, 0.05) is 0 Å². The van der Waals surface area contributed by atoms with Gasteiger partial charge in [0.2, 0.25) is 0 Å². The van der Waals surface area contributed by atoms with Crippen LogP contribution in [0.2, 0.25) is 0 Å². The molecule has 0 saturated heterocycles. The molecule has 0 radical (unpaired) electrons. The van der Waals surface area contributed by atoms with Crippen LogP contribution >= 0.6 is 0 Å². The number of aliphatic carboxylic acids is 2. The Kier molecular flexibility index (Phi) is 5.82. The number of hydrogen-bond donors (Lipinski definition) is 3. The third-order valence-corrected chi connectivity index (χ3v) is 1.21. The van der Waals surface area contributed by atoms with E-state index < -0.39 is 24.4 Å². The Morgan fingerprint density at radius 2 is 2.08 bits per heavy atom. The van der Waals surface area contributed by atoms with Crippen molar-refractivity contribution in [3.8, 4) is 0 Å². The fraction of sp³-hybridized carbons (Fsp3) is 0.714. The minimum atomic E-state index is -1.24. The fourth-order valence-electron chi connectivity index (χ4n) is 0.616. The van der Waals surface area contributed by atoms with Crippen LogP contribution in [0.15, 0.2) is 0 Å². The summed E-state index contributed by atoms with van der Waals surface area (Å²) in [6.45, 7) is 2.21. The van der Waals surface area contributed by atoms with Crippen LogP contribution < -0.4 is 5.48 Å². The molecule has 0 spiro atoms. The van der Waals surface area contributed by atoms with Crippen LogP contribution in [0.25, 0.3) is 0 Å². The summed E-state index contributed by atoms with van der Waals surface area (Å²) in [5, 5.41) is 16.8. The van der Waals surface area contributed by atoms with Gasteiger partial charge in [0.25, 0.3) is 0 Å². The van der Waals surface area contributed by atoms with Gasteiger partial charge in [-0.3, -0.25) is 9.59 Å². The predicted molar refractivity (Wildman–Crippen MR) is 43.1 cm³/mol. The molecule has 3 N–H and O–H groups in total. The molecule has 0 aliphatic carbocycles. The van der Waals surface area contributed by atoms with E-state index >= 15 is 0 Å². The quantitative estimate of drug-likeness (QED) is 0.382. The Labute approximate surface area is 75.5 Å². The molecular weight excluding hydrogens is 178 g/mol. The molecule has 0 aromatic carbocycles. The first-order valence-electron chi connectivity index (χ1n) is 3.89. The van der Waals surface area contributed by atoms with Gasteiger partial charge in [0.15, 0.2) is 0 Å². The van der Waals surface area contributed by atoms with Crippen molar-refractivity contribution in [2.75, 3.05) is 6.61 Å². The minimum absolute atomic E-state index is 0.351. The summed E-state index contributed by atoms with van der Waals surface area (Å²) in [6.07, 6.45) is 0.228. The van der Waals surface area contributed by atoms with Crippen LogP contribution in [0, 0.1) is 0 Å². The molecule has 0 aromatic heterocycles. The maximum Gasteiger partial charge on any atom is 0.323 e. The molecule has 0 bridgehead atoms. The lowest BCUT2D eigenvalue weighted by molar-refractivity contribution is -0.150. The number of nitrogens with one attached hydrogen (secondary N) is 1. The van der Waals surface area contributed by atoms with E-state index in [2.05, 4.69) is 5.48 Å². The first-order valence-corrected chi connectivity index (χ1v) is 3.89. The SMILES string of the molecule is CCCON[C@@H](CC(=O)O)C(=O)O. The molecule has 0 aromatic rings. The molecule has 0 aliphatic rings. The molecule has 0 heterocycles. The van der Waals surface area contributed by atoms with Gasteiger partial charge in [0.05, 0.1) is 13.0 Å². The highest BCUT2D eigenvalue weighted by molar-refractivity contribution is 5.80. The lowest BCUT2D eigenvalue weighted by Gasteiger charge is -2.11. The van der Waals surface area contributed by atoms with E-state index in [1.165, 1.54) is 0 Å². The smallest absolute Gasteiger partial charge is 0.323 e. The topological polar surface area (TPSA) is 95.9 Å². The van der Waals surface area contributed by atoms with Crippen molar-refractivity contribution in [1.82, 2.24) is 5.48 Å². The number of rotatable bonds is 7. The van der Waals surface area contributed by atoms with Crippen molar-refractivity contribution in [2.45, 2.75) is 25.8 Å². The van der Waals surface area contributed by atoms with E-state index in [4.69, 9.17) is 15.1 Å². The number of hydroxylamine groups is 1. The van der Waals surface area contributed by atoms with E-state index in [9.17, 15) is 9.59 Å². The molecule has 13 heavy (non-hydrogen) atoms. The van der Waals surface area contributed by atoms with Crippen LogP contribution in [0.1, 0.15) is 19.8 Å². The van der Waals surface area contributed by atoms with Crippen LogP contribution in [-0.2, 0) is 14.4 Å². The summed E-state index contributed by atoms with van der Waals surface area (Å²) >= 11 is 0. The van der Waals surface area contributed by atoms with Gasteiger partial charge in [0.1, 0.15) is 6.04 Å². The van der Waals surface area contributed by atoms with Gasteiger partial charge in [-0.1, -0.05) is 6.92 Å². The summed E-state index contributed by atoms with van der Waals surface area (Å²) in [6, 6.07) is -1.19. The van der Waals surface area contributed by atoms with Crippen LogP contribution in [0.5, 0.6) is 0 Å². The lowest BCUT2D eigenvalue weighted by Crippen LogP contribution is -2.38. The Hall–Kier alpha value is -1.14. The number of carbonyl (C=O) groups is 2. The molecule has 0 unspecified atom stereocenters. The van der Waals surface area contributed by atoms with Crippen molar-refractivity contribution < 1.29 is 24.6 Å². The summed E-state index contributed by atoms with van der Waals surface area (Å²) in [5.41, 5.74) is 2.17. The fourth-order valence-corrected chi connectivity index (χ4v) is 0.616. The highest BCUT2D eigenvalue weighted by Gasteiger charge is 2.20. The molecule has 76 valence electrons. The van der Waals surface area contributed by atoms with Crippen molar-refractivity contribution in [1.29, 1.82) is 0 Å². The normalized spacial score (nSPS) is 12.4. The van der Waals surface area contributed by atoms with Gasteiger partial charge < -0.3 is 15.1 Å². The second kappa shape index (κ2) is 6.38. The summed E-state index contributed by atoms with van der Waals surface area (Å²) < 4.78 is 0. The molecular formula is C7H13NO5. The van der Waals surface area contributed by atoms with E-state index in [1.807, 2.05) is 6.92 Å². The molecule has 0 aliphatic heterocycles. The van der Waals surface area contributed by atoms with Crippen LogP contribution in [0.4, 0.5) is 0 Å². The van der Waals surface area contributed by atoms with E-state index in [-0.39, 0.29) is 0 Å². The summed E-state index contributed by atoms with van der Waals surface area (Å²) in [4.78, 5) is 25.3. The van der Waals surface area contributed by atoms with E-state index in [0.29, 0.717) is 6.61 Å². The number of carboxylic acids is 2. The number of hydrogen-bond acceptors (Lipinski definition) is 4. The molecule has 0 amide bonds. The summed E-state index contributed by atoms with van der Waals surface area (Å²) in [5.74, 6) is -2.42. The van der Waals surface area contributed by atoms with E-state index in [1.54, 1.807) is 0 Å². The van der Waals surface area contributed by atoms with Gasteiger partial charge in [-0.2, -0.15) is 5.48 Å². The Bertz CT molecular complexity index is 182. The zero-order valence-corrected chi connectivity index (χ0v) is 7.32. The minimum Gasteiger partial charge on any atom is -0.481 e. The Balaban J connectivity index is 3.81. The average Bonchev–Trinajstić information content (AvgIpc) is 2.02. The predicted octanol–water partition coefficient (Wildman–Crippen LogP) is -0.154. The molecule has 1 atom stereocenters. The van der Waals surface area contributed by atoms with Gasteiger partial charge in [-0.05, 0) is 6.42 Å². The largest absolute Gasteiger partial charge is 0.481 e. The monoisotopic (exact) mass is 191 g/mol. The maximum atomic E-state index is 10.4. The first kappa shape index (κ1) is 11.9. The molecule has 6 heteroatoms. The second-order valence-electron chi connectivity index (χ2n) is 2.45. The second-order valence-corrected chi connectivity index (χ2v) is 2.45. The Morgan fingerprint density at radius 1 is 1.46 bits per heavy atom. The third-order valence-electron chi connectivity index (χ3n) is 1.21. The number of carboxylic acid groups (broad SMARTS) is 2. The lowest BCUT2D eigenvalue weighted by atomic mass is 10.2. The standard InChI is InChI=1S/C7H13NO5/c1-2-3-13-8-5(7(11)12)4-6(9)10/h5,8H,2-4H2,1H3,(H,9,10)(H,11,12)/t5-/m0/s1. The average molecular weight is 191 g/mol. The van der Waals surface area contributed by atoms with Crippen molar-refractivity contribution in [3.63, 3.8) is 0 Å². The van der Waals surface area contributed by atoms with E-state index in [0.717, 1.165) is 6.42 Å². The highest BCUT2D eigenvalue weighted by atomic mass is 16.6. The zero-order valence-electron chi connectivity index (χ0n) is 7.32. The van der Waals surface area contributed by atoms with Crippen molar-refractivity contribution >= 4 is 11.9 Å². The van der Waals surface area contributed by atoms with Gasteiger partial charge in [-0.15, -0.1) is 0 Å². The molecule has 6 nitrogen and oxygen atoms in total. The first-order chi connectivity index (χ1) is 6.07. The van der Waals surface area contributed by atoms with Crippen molar-refractivity contribution in [2.24, 2.45) is 0 Å². The van der Waals surface area contributed by atoms with Crippen LogP contribution in [0.3, 0.4) is 0 Å².